The molecule has 2 aliphatic heterocycles. The minimum absolute atomic E-state index is 0.158. The normalized spacial score (nSPS) is 17.3. The predicted molar refractivity (Wildman–Crippen MR) is 109 cm³/mol. The Morgan fingerprint density at radius 3 is 2.33 bits per heavy atom. The molecule has 158 valence electrons. The fourth-order valence-electron chi connectivity index (χ4n) is 4.47. The van der Waals surface area contributed by atoms with Crippen LogP contribution in [0.5, 0.6) is 23.0 Å². The molecule has 0 spiro atoms. The second-order valence-electron chi connectivity index (χ2n) is 7.56. The van der Waals surface area contributed by atoms with Crippen molar-refractivity contribution in [2.45, 2.75) is 39.3 Å². The van der Waals surface area contributed by atoms with Crippen LogP contribution in [-0.4, -0.2) is 37.6 Å². The van der Waals surface area contributed by atoms with Crippen LogP contribution in [0, 0.1) is 0 Å². The molecule has 1 atom stereocenters. The zero-order chi connectivity index (χ0) is 21.4. The number of fused-ring (bicyclic) bond motifs is 4. The molecular formula is C23H25NO6. The number of carbonyl (C=O) groups excluding carboxylic acids is 2. The molecule has 2 aromatic rings. The third-order valence-corrected chi connectivity index (χ3v) is 5.70. The average Bonchev–Trinajstić information content (AvgIpc) is 2.71. The van der Waals surface area contributed by atoms with Gasteiger partial charge in [-0.15, -0.1) is 0 Å². The number of hydrogen-bond acceptors (Lipinski definition) is 7. The van der Waals surface area contributed by atoms with E-state index in [0.717, 1.165) is 36.1 Å². The number of esters is 2. The fraction of sp³-hybridized carbons (Fsp3) is 0.391. The molecule has 7 nitrogen and oxygen atoms in total. The molecule has 0 aromatic heterocycles. The molecule has 0 unspecified atom stereocenters. The molecule has 30 heavy (non-hydrogen) atoms. The van der Waals surface area contributed by atoms with E-state index in [1.165, 1.54) is 19.4 Å². The molecule has 0 amide bonds. The van der Waals surface area contributed by atoms with Crippen molar-refractivity contribution in [3.8, 4) is 23.0 Å². The third-order valence-electron chi connectivity index (χ3n) is 5.70. The van der Waals surface area contributed by atoms with E-state index in [1.54, 1.807) is 20.3 Å². The van der Waals surface area contributed by atoms with E-state index in [-0.39, 0.29) is 18.0 Å². The van der Waals surface area contributed by atoms with Crippen LogP contribution >= 0.6 is 0 Å². The van der Waals surface area contributed by atoms with Crippen molar-refractivity contribution in [3.05, 3.63) is 46.5 Å². The number of benzene rings is 2. The topological polar surface area (TPSA) is 74.3 Å². The Kier molecular flexibility index (Phi) is 5.39. The minimum Gasteiger partial charge on any atom is -0.493 e. The number of rotatable bonds is 4. The summed E-state index contributed by atoms with van der Waals surface area (Å²) in [4.78, 5) is 25.4. The van der Waals surface area contributed by atoms with Gasteiger partial charge >= 0.3 is 11.9 Å². The first-order valence-corrected chi connectivity index (χ1v) is 9.91. The molecule has 0 fully saturated rings. The number of carbonyl (C=O) groups is 2. The van der Waals surface area contributed by atoms with E-state index in [9.17, 15) is 9.59 Å². The summed E-state index contributed by atoms with van der Waals surface area (Å²) in [6.07, 6.45) is 1.65. The first-order chi connectivity index (χ1) is 14.4. The van der Waals surface area contributed by atoms with Gasteiger partial charge in [0, 0.05) is 38.5 Å². The first-order valence-electron chi connectivity index (χ1n) is 9.91. The van der Waals surface area contributed by atoms with Gasteiger partial charge in [-0.25, -0.2) is 0 Å². The Hall–Kier alpha value is -3.06. The second kappa shape index (κ2) is 7.99. The van der Waals surface area contributed by atoms with Gasteiger partial charge in [0.15, 0.2) is 23.0 Å². The molecule has 0 saturated heterocycles. The lowest BCUT2D eigenvalue weighted by Gasteiger charge is -2.42. The van der Waals surface area contributed by atoms with Crippen molar-refractivity contribution in [2.24, 2.45) is 0 Å². The van der Waals surface area contributed by atoms with Gasteiger partial charge in [-0.1, -0.05) is 6.07 Å². The smallest absolute Gasteiger partial charge is 0.308 e. The highest BCUT2D eigenvalue weighted by Gasteiger charge is 2.35. The lowest BCUT2D eigenvalue weighted by molar-refractivity contribution is -0.132. The molecule has 0 bridgehead atoms. The summed E-state index contributed by atoms with van der Waals surface area (Å²) in [5.41, 5.74) is 4.55. The van der Waals surface area contributed by atoms with E-state index >= 15 is 0 Å². The number of ether oxygens (including phenoxy) is 4. The van der Waals surface area contributed by atoms with Crippen molar-refractivity contribution >= 4 is 11.9 Å². The van der Waals surface area contributed by atoms with Gasteiger partial charge in [-0.05, 0) is 47.7 Å². The second-order valence-corrected chi connectivity index (χ2v) is 7.56. The van der Waals surface area contributed by atoms with Gasteiger partial charge in [0.05, 0.1) is 14.2 Å². The summed E-state index contributed by atoms with van der Waals surface area (Å²) >= 11 is 0. The van der Waals surface area contributed by atoms with Crippen LogP contribution < -0.4 is 18.9 Å². The standard InChI is InChI=1S/C23H25NO6/c1-13(25)29-20-6-5-15-9-19-17-11-22(30-14(2)26)21(27-3)10-16(17)7-8-24(19)12-18(15)23(20)28-4/h5-6,10-11,19H,7-9,12H2,1-4H3/t19-/m0/s1. The maximum Gasteiger partial charge on any atom is 0.308 e. The summed E-state index contributed by atoms with van der Waals surface area (Å²) in [6, 6.07) is 7.85. The van der Waals surface area contributed by atoms with E-state index in [4.69, 9.17) is 18.9 Å². The molecule has 2 aromatic carbocycles. The van der Waals surface area contributed by atoms with Crippen molar-refractivity contribution < 1.29 is 28.5 Å². The summed E-state index contributed by atoms with van der Waals surface area (Å²) in [5.74, 6) is 1.32. The van der Waals surface area contributed by atoms with Crippen molar-refractivity contribution in [2.75, 3.05) is 20.8 Å². The van der Waals surface area contributed by atoms with Crippen LogP contribution in [0.2, 0.25) is 0 Å². The van der Waals surface area contributed by atoms with E-state index in [0.29, 0.717) is 29.5 Å². The number of hydrogen-bond donors (Lipinski definition) is 0. The highest BCUT2D eigenvalue weighted by molar-refractivity contribution is 5.72. The van der Waals surface area contributed by atoms with Crippen LogP contribution in [0.15, 0.2) is 24.3 Å². The predicted octanol–water partition coefficient (Wildman–Crippen LogP) is 3.21. The molecule has 0 saturated carbocycles. The van der Waals surface area contributed by atoms with E-state index < -0.39 is 0 Å². The van der Waals surface area contributed by atoms with Crippen molar-refractivity contribution in [1.82, 2.24) is 4.90 Å². The van der Waals surface area contributed by atoms with Crippen molar-refractivity contribution in [1.29, 1.82) is 0 Å². The molecule has 7 heteroatoms. The van der Waals surface area contributed by atoms with Gasteiger partial charge in [-0.2, -0.15) is 0 Å². The zero-order valence-electron chi connectivity index (χ0n) is 17.6. The Bertz CT molecular complexity index is 1020. The maximum atomic E-state index is 11.5. The maximum absolute atomic E-state index is 11.5. The molecule has 2 heterocycles. The SMILES string of the molecule is COc1cc2c(cc1OC(C)=O)[C@@H]1Cc3ccc(OC(C)=O)c(OC)c3CN1CC2. The fourth-order valence-corrected chi connectivity index (χ4v) is 4.47. The van der Waals surface area contributed by atoms with E-state index in [2.05, 4.69) is 4.90 Å². The Labute approximate surface area is 175 Å². The third kappa shape index (κ3) is 3.61. The van der Waals surface area contributed by atoms with Crippen molar-refractivity contribution in [3.63, 3.8) is 0 Å². The molecule has 0 N–H and O–H groups in total. The average molecular weight is 411 g/mol. The largest absolute Gasteiger partial charge is 0.493 e. The summed E-state index contributed by atoms with van der Waals surface area (Å²) in [7, 11) is 3.17. The minimum atomic E-state index is -0.377. The van der Waals surface area contributed by atoms with E-state index in [1.807, 2.05) is 18.2 Å². The summed E-state index contributed by atoms with van der Waals surface area (Å²) < 4.78 is 21.8. The monoisotopic (exact) mass is 411 g/mol. The van der Waals surface area contributed by atoms with Gasteiger partial charge < -0.3 is 18.9 Å². The van der Waals surface area contributed by atoms with Gasteiger partial charge in [0.1, 0.15) is 0 Å². The van der Waals surface area contributed by atoms with Gasteiger partial charge in [0.25, 0.3) is 0 Å². The molecule has 0 radical (unpaired) electrons. The summed E-state index contributed by atoms with van der Waals surface area (Å²) in [5, 5.41) is 0. The number of methoxy groups -OCH3 is 2. The molecule has 0 aliphatic carbocycles. The zero-order valence-corrected chi connectivity index (χ0v) is 17.6. The lowest BCUT2D eigenvalue weighted by atomic mass is 9.83. The van der Waals surface area contributed by atoms with Gasteiger partial charge in [0.2, 0.25) is 0 Å². The van der Waals surface area contributed by atoms with Crippen LogP contribution in [0.3, 0.4) is 0 Å². The molecular weight excluding hydrogens is 386 g/mol. The number of nitrogens with zero attached hydrogens (tertiary/aromatic N) is 1. The van der Waals surface area contributed by atoms with Crippen LogP contribution in [0.25, 0.3) is 0 Å². The molecule has 4 rings (SSSR count). The quantitative estimate of drug-likeness (QED) is 0.565. The van der Waals surface area contributed by atoms with Gasteiger partial charge in [-0.3, -0.25) is 14.5 Å². The van der Waals surface area contributed by atoms with Crippen LogP contribution in [0.4, 0.5) is 0 Å². The first kappa shape index (κ1) is 20.2. The Morgan fingerprint density at radius 1 is 0.933 bits per heavy atom. The Balaban J connectivity index is 1.73. The van der Waals surface area contributed by atoms with Crippen LogP contribution in [-0.2, 0) is 29.0 Å². The lowest BCUT2D eigenvalue weighted by Crippen LogP contribution is -2.39. The van der Waals surface area contributed by atoms with Crippen LogP contribution in [0.1, 0.15) is 42.1 Å². The highest BCUT2D eigenvalue weighted by atomic mass is 16.6. The highest BCUT2D eigenvalue weighted by Crippen LogP contribution is 2.45. The Morgan fingerprint density at radius 2 is 1.67 bits per heavy atom. The summed E-state index contributed by atoms with van der Waals surface area (Å²) in [6.45, 7) is 4.33. The molecule has 2 aliphatic rings.